The third kappa shape index (κ3) is 3.40. The van der Waals surface area contributed by atoms with Crippen LogP contribution in [-0.4, -0.2) is 41.3 Å². The Hall–Kier alpha value is -2.14. The number of likely N-dealkylation sites (tertiary alicyclic amines) is 1. The summed E-state index contributed by atoms with van der Waals surface area (Å²) in [7, 11) is 1.67. The van der Waals surface area contributed by atoms with Gasteiger partial charge in [-0.05, 0) is 42.3 Å². The number of methoxy groups -OCH3 is 1. The van der Waals surface area contributed by atoms with E-state index in [1.165, 1.54) is 0 Å². The maximum atomic E-state index is 9.86. The third-order valence-electron chi connectivity index (χ3n) is 4.86. The highest BCUT2D eigenvalue weighted by molar-refractivity contribution is 6.31. The van der Waals surface area contributed by atoms with E-state index in [0.29, 0.717) is 11.6 Å². The van der Waals surface area contributed by atoms with Gasteiger partial charge >= 0.3 is 0 Å². The van der Waals surface area contributed by atoms with Crippen molar-refractivity contribution in [1.29, 1.82) is 0 Å². The first-order valence-electron chi connectivity index (χ1n) is 8.77. The zero-order valence-corrected chi connectivity index (χ0v) is 15.4. The number of fused-ring (bicyclic) bond motifs is 1. The molecule has 1 aliphatic heterocycles. The molecule has 4 nitrogen and oxygen atoms in total. The van der Waals surface area contributed by atoms with Crippen LogP contribution >= 0.6 is 11.6 Å². The maximum absolute atomic E-state index is 9.86. The number of para-hydroxylation sites is 1. The first-order chi connectivity index (χ1) is 12.6. The minimum absolute atomic E-state index is 0.239. The Bertz CT molecular complexity index is 944. The number of pyridine rings is 1. The molecule has 1 N–H and O–H groups in total. The van der Waals surface area contributed by atoms with Crippen molar-refractivity contribution in [2.75, 3.05) is 20.2 Å². The minimum Gasteiger partial charge on any atom is -0.496 e. The van der Waals surface area contributed by atoms with E-state index in [0.717, 1.165) is 53.0 Å². The number of hydrogen-bond donors (Lipinski definition) is 1. The second kappa shape index (κ2) is 7.23. The van der Waals surface area contributed by atoms with Gasteiger partial charge in [0.15, 0.2) is 0 Å². The van der Waals surface area contributed by atoms with E-state index in [1.807, 2.05) is 42.5 Å². The molecule has 2 heterocycles. The molecule has 2 aromatic carbocycles. The SMILES string of the molecule is COc1ccccc1-c1nc2cc(Cl)ccc2cc1CN1CC[C@@H](O)C1. The van der Waals surface area contributed by atoms with Crippen LogP contribution in [0.5, 0.6) is 5.75 Å². The van der Waals surface area contributed by atoms with Gasteiger partial charge in [0.1, 0.15) is 5.75 Å². The molecule has 0 aliphatic carbocycles. The number of benzene rings is 2. The second-order valence-electron chi connectivity index (χ2n) is 6.71. The van der Waals surface area contributed by atoms with Gasteiger partial charge in [0.25, 0.3) is 0 Å². The standard InChI is InChI=1S/C21H21ClN2O2/c1-26-20-5-3-2-4-18(20)21-15(12-24-9-8-17(25)13-24)10-14-6-7-16(22)11-19(14)23-21/h2-7,10-11,17,25H,8-9,12-13H2,1H3/t17-/m1/s1. The van der Waals surface area contributed by atoms with E-state index < -0.39 is 0 Å². The average molecular weight is 369 g/mol. The Morgan fingerprint density at radius 3 is 2.85 bits per heavy atom. The number of ether oxygens (including phenoxy) is 1. The van der Waals surface area contributed by atoms with E-state index in [1.54, 1.807) is 7.11 Å². The molecule has 1 aliphatic rings. The fourth-order valence-electron chi connectivity index (χ4n) is 3.57. The van der Waals surface area contributed by atoms with Gasteiger partial charge in [0.05, 0.1) is 24.4 Å². The number of nitrogens with zero attached hydrogens (tertiary/aromatic N) is 2. The number of β-amino-alcohol motifs (C(OH)–C–C–N with tert-alkyl or cyclic N) is 1. The van der Waals surface area contributed by atoms with Gasteiger partial charge in [-0.1, -0.05) is 29.8 Å². The van der Waals surface area contributed by atoms with Gasteiger partial charge in [-0.25, -0.2) is 4.98 Å². The third-order valence-corrected chi connectivity index (χ3v) is 5.10. The molecule has 0 bridgehead atoms. The van der Waals surface area contributed by atoms with Crippen LogP contribution in [0.25, 0.3) is 22.2 Å². The Morgan fingerprint density at radius 2 is 2.08 bits per heavy atom. The number of rotatable bonds is 4. The van der Waals surface area contributed by atoms with E-state index in [-0.39, 0.29) is 6.10 Å². The van der Waals surface area contributed by atoms with Crippen LogP contribution in [0.1, 0.15) is 12.0 Å². The number of aliphatic hydroxyl groups excluding tert-OH is 1. The molecule has 3 aromatic rings. The summed E-state index contributed by atoms with van der Waals surface area (Å²) in [6.07, 6.45) is 0.581. The van der Waals surface area contributed by atoms with E-state index in [2.05, 4.69) is 11.0 Å². The quantitative estimate of drug-likeness (QED) is 0.752. The summed E-state index contributed by atoms with van der Waals surface area (Å²) < 4.78 is 5.56. The molecule has 1 atom stereocenters. The normalized spacial score (nSPS) is 17.7. The van der Waals surface area contributed by atoms with Gasteiger partial charge in [-0.3, -0.25) is 4.90 Å². The fraction of sp³-hybridized carbons (Fsp3) is 0.286. The van der Waals surface area contributed by atoms with Crippen molar-refractivity contribution in [3.8, 4) is 17.0 Å². The average Bonchev–Trinajstić information content (AvgIpc) is 3.06. The monoisotopic (exact) mass is 368 g/mol. The van der Waals surface area contributed by atoms with Crippen molar-refractivity contribution in [2.45, 2.75) is 19.1 Å². The lowest BCUT2D eigenvalue weighted by Gasteiger charge is -2.19. The summed E-state index contributed by atoms with van der Waals surface area (Å²) in [6.45, 7) is 2.34. The van der Waals surface area contributed by atoms with Crippen LogP contribution in [0.15, 0.2) is 48.5 Å². The molecule has 134 valence electrons. The lowest BCUT2D eigenvalue weighted by Crippen LogP contribution is -2.22. The minimum atomic E-state index is -0.239. The first kappa shape index (κ1) is 17.3. The Morgan fingerprint density at radius 1 is 1.23 bits per heavy atom. The van der Waals surface area contributed by atoms with Gasteiger partial charge in [-0.15, -0.1) is 0 Å². The molecular formula is C21H21ClN2O2. The molecule has 4 rings (SSSR count). The molecule has 0 amide bonds. The molecule has 0 spiro atoms. The molecule has 5 heteroatoms. The summed E-state index contributed by atoms with van der Waals surface area (Å²) in [5, 5.41) is 11.6. The smallest absolute Gasteiger partial charge is 0.128 e. The molecule has 0 radical (unpaired) electrons. The summed E-state index contributed by atoms with van der Waals surface area (Å²) in [5.41, 5.74) is 3.85. The zero-order valence-electron chi connectivity index (χ0n) is 14.7. The van der Waals surface area contributed by atoms with Crippen molar-refractivity contribution in [2.24, 2.45) is 0 Å². The Balaban J connectivity index is 1.85. The number of aliphatic hydroxyl groups is 1. The van der Waals surface area contributed by atoms with E-state index in [9.17, 15) is 5.11 Å². The highest BCUT2D eigenvalue weighted by Crippen LogP contribution is 2.34. The summed E-state index contributed by atoms with van der Waals surface area (Å²) in [5.74, 6) is 0.795. The molecule has 0 saturated carbocycles. The molecule has 26 heavy (non-hydrogen) atoms. The van der Waals surface area contributed by atoms with Crippen LogP contribution in [0.3, 0.4) is 0 Å². The summed E-state index contributed by atoms with van der Waals surface area (Å²) in [6, 6.07) is 15.9. The summed E-state index contributed by atoms with van der Waals surface area (Å²) in [4.78, 5) is 7.19. The highest BCUT2D eigenvalue weighted by Gasteiger charge is 2.22. The van der Waals surface area contributed by atoms with Crippen molar-refractivity contribution >= 4 is 22.5 Å². The molecule has 0 unspecified atom stereocenters. The largest absolute Gasteiger partial charge is 0.496 e. The van der Waals surface area contributed by atoms with Crippen LogP contribution in [0.4, 0.5) is 0 Å². The molecular weight excluding hydrogens is 348 g/mol. The molecule has 1 saturated heterocycles. The lowest BCUT2D eigenvalue weighted by molar-refractivity contribution is 0.175. The zero-order chi connectivity index (χ0) is 18.1. The summed E-state index contributed by atoms with van der Waals surface area (Å²) >= 11 is 6.17. The predicted octanol–water partition coefficient (Wildman–Crippen LogP) is 4.13. The highest BCUT2D eigenvalue weighted by atomic mass is 35.5. The Labute approximate surface area is 158 Å². The van der Waals surface area contributed by atoms with Gasteiger partial charge in [-0.2, -0.15) is 0 Å². The molecule has 1 aromatic heterocycles. The maximum Gasteiger partial charge on any atom is 0.128 e. The van der Waals surface area contributed by atoms with Crippen LogP contribution in [0.2, 0.25) is 5.02 Å². The number of aromatic nitrogens is 1. The fourth-order valence-corrected chi connectivity index (χ4v) is 3.74. The second-order valence-corrected chi connectivity index (χ2v) is 7.15. The van der Waals surface area contributed by atoms with Gasteiger partial charge < -0.3 is 9.84 Å². The van der Waals surface area contributed by atoms with Crippen molar-refractivity contribution < 1.29 is 9.84 Å². The van der Waals surface area contributed by atoms with Crippen LogP contribution in [-0.2, 0) is 6.54 Å². The van der Waals surface area contributed by atoms with Crippen molar-refractivity contribution in [3.05, 3.63) is 59.1 Å². The number of halogens is 1. The van der Waals surface area contributed by atoms with Gasteiger partial charge in [0, 0.05) is 35.6 Å². The van der Waals surface area contributed by atoms with Crippen molar-refractivity contribution in [3.63, 3.8) is 0 Å². The van der Waals surface area contributed by atoms with Crippen molar-refractivity contribution in [1.82, 2.24) is 9.88 Å². The van der Waals surface area contributed by atoms with Crippen LogP contribution in [0, 0.1) is 0 Å². The lowest BCUT2D eigenvalue weighted by atomic mass is 10.0. The number of hydrogen-bond acceptors (Lipinski definition) is 4. The van der Waals surface area contributed by atoms with E-state index in [4.69, 9.17) is 21.3 Å². The molecule has 1 fully saturated rings. The topological polar surface area (TPSA) is 45.6 Å². The Kier molecular flexibility index (Phi) is 4.81. The van der Waals surface area contributed by atoms with E-state index >= 15 is 0 Å². The van der Waals surface area contributed by atoms with Crippen LogP contribution < -0.4 is 4.74 Å². The first-order valence-corrected chi connectivity index (χ1v) is 9.15. The predicted molar refractivity (Wildman–Crippen MR) is 105 cm³/mol. The van der Waals surface area contributed by atoms with Gasteiger partial charge in [0.2, 0.25) is 0 Å².